The van der Waals surface area contributed by atoms with Crippen LogP contribution in [0.1, 0.15) is 76.3 Å². The van der Waals surface area contributed by atoms with E-state index >= 15 is 0 Å². The normalized spacial score (nSPS) is 15.6. The predicted octanol–water partition coefficient (Wildman–Crippen LogP) is 6.42. The van der Waals surface area contributed by atoms with Gasteiger partial charge in [-0.05, 0) is 44.4 Å². The molecule has 0 aliphatic carbocycles. The Labute approximate surface area is 429 Å². The second-order valence-corrected chi connectivity index (χ2v) is 18.3. The Hall–Kier alpha value is -1.72. The quantitative estimate of drug-likeness (QED) is 0.0791. The molecule has 8 rings (SSSR count). The van der Waals surface area contributed by atoms with Gasteiger partial charge >= 0.3 is 51.4 Å². The van der Waals surface area contributed by atoms with Crippen molar-refractivity contribution in [1.29, 1.82) is 0 Å². The summed E-state index contributed by atoms with van der Waals surface area (Å²) in [6, 6.07) is 0. The predicted molar refractivity (Wildman–Crippen MR) is 242 cm³/mol. The van der Waals surface area contributed by atoms with Crippen LogP contribution in [0.5, 0.6) is 0 Å². The van der Waals surface area contributed by atoms with Gasteiger partial charge < -0.3 is 14.9 Å². The molecule has 0 aromatic carbocycles. The van der Waals surface area contributed by atoms with Crippen LogP contribution in [0, 0.1) is 23.7 Å². The summed E-state index contributed by atoms with van der Waals surface area (Å²) in [7, 11) is 0. The SMILES string of the molecule is CC#Cc1cnn2c(N3CCC(C)CC3)c(-c3ncncc3Cl)c(Cl)nc12.CC1CCN(c2c(-c3ncncc3Cl)c(Cl)nc3c(C(Br)C(C)Br)cnn23)CC1.CC[O-].[K+]. The van der Waals surface area contributed by atoms with E-state index in [0.717, 1.165) is 80.3 Å². The fourth-order valence-corrected chi connectivity index (χ4v) is 8.53. The van der Waals surface area contributed by atoms with Crippen molar-refractivity contribution >= 4 is 101 Å². The molecule has 2 aliphatic heterocycles. The minimum absolute atomic E-state index is 0. The maximum absolute atomic E-state index is 8.93. The Balaban J connectivity index is 0.000000211. The van der Waals surface area contributed by atoms with Crippen molar-refractivity contribution in [3.63, 3.8) is 0 Å². The van der Waals surface area contributed by atoms with Crippen molar-refractivity contribution in [2.24, 2.45) is 11.8 Å². The van der Waals surface area contributed by atoms with Crippen LogP contribution in [0.3, 0.4) is 0 Å². The molecule has 0 spiro atoms. The van der Waals surface area contributed by atoms with Crippen LogP contribution in [-0.2, 0) is 0 Å². The molecule has 2 fully saturated rings. The molecule has 6 aromatic rings. The minimum Gasteiger partial charge on any atom is -0.855 e. The molecule has 6 aromatic heterocycles. The van der Waals surface area contributed by atoms with Gasteiger partial charge in [-0.3, -0.25) is 0 Å². The molecular weight excluding hydrogens is 1010 g/mol. The number of alkyl halides is 2. The molecule has 312 valence electrons. The number of nitrogens with zero attached hydrogens (tertiary/aromatic N) is 12. The zero-order valence-corrected chi connectivity index (χ0v) is 43.5. The van der Waals surface area contributed by atoms with Crippen LogP contribution in [0.2, 0.25) is 20.4 Å². The molecule has 8 heterocycles. The number of rotatable bonds is 6. The summed E-state index contributed by atoms with van der Waals surface area (Å²) in [5, 5.41) is 19.7. The summed E-state index contributed by atoms with van der Waals surface area (Å²) in [6.45, 7) is 13.6. The molecule has 2 saturated heterocycles. The summed E-state index contributed by atoms with van der Waals surface area (Å²) in [5.41, 5.74) is 5.56. The van der Waals surface area contributed by atoms with Crippen LogP contribution in [0.25, 0.3) is 33.8 Å². The number of piperidine rings is 2. The van der Waals surface area contributed by atoms with Crippen molar-refractivity contribution in [2.45, 2.75) is 70.0 Å². The van der Waals surface area contributed by atoms with E-state index in [1.54, 1.807) is 37.0 Å². The van der Waals surface area contributed by atoms with Crippen molar-refractivity contribution in [1.82, 2.24) is 49.1 Å². The number of fused-ring (bicyclic) bond motifs is 2. The second kappa shape index (κ2) is 22.8. The third kappa shape index (κ3) is 11.0. The molecule has 2 unspecified atom stereocenters. The Morgan fingerprint density at radius 2 is 1.18 bits per heavy atom. The molecule has 20 heteroatoms. The number of aromatic nitrogens is 10. The number of anilines is 2. The van der Waals surface area contributed by atoms with Crippen LogP contribution in [-0.4, -0.2) is 86.7 Å². The van der Waals surface area contributed by atoms with E-state index in [4.69, 9.17) is 56.5 Å². The number of hydrogen-bond acceptors (Lipinski definition) is 11. The number of halogens is 6. The maximum atomic E-state index is 8.93. The van der Waals surface area contributed by atoms with E-state index < -0.39 is 0 Å². The van der Waals surface area contributed by atoms with E-state index in [1.807, 2.05) is 10.7 Å². The van der Waals surface area contributed by atoms with Crippen LogP contribution in [0.15, 0.2) is 37.4 Å². The first-order valence-corrected chi connectivity index (χ1v) is 22.6. The van der Waals surface area contributed by atoms with Gasteiger partial charge in [0.1, 0.15) is 34.6 Å². The molecule has 0 N–H and O–H groups in total. The Morgan fingerprint density at radius 3 is 1.62 bits per heavy atom. The molecule has 0 radical (unpaired) electrons. The fourth-order valence-electron chi connectivity index (χ4n) is 7.01. The second-order valence-electron chi connectivity index (χ2n) is 14.4. The monoisotopic (exact) mass is 1040 g/mol. The van der Waals surface area contributed by atoms with Gasteiger partial charge in [0, 0.05) is 49.0 Å². The molecule has 0 saturated carbocycles. The van der Waals surface area contributed by atoms with Crippen molar-refractivity contribution < 1.29 is 56.5 Å². The van der Waals surface area contributed by atoms with Gasteiger partial charge in [0.25, 0.3) is 0 Å². The molecule has 60 heavy (non-hydrogen) atoms. The van der Waals surface area contributed by atoms with Gasteiger partial charge in [-0.25, -0.2) is 29.9 Å². The van der Waals surface area contributed by atoms with Gasteiger partial charge in [0.05, 0.1) is 55.3 Å². The molecule has 2 aliphatic rings. The molecule has 2 atom stereocenters. The van der Waals surface area contributed by atoms with Gasteiger partial charge in [-0.2, -0.15) is 19.2 Å². The van der Waals surface area contributed by atoms with Crippen LogP contribution < -0.4 is 66.3 Å². The van der Waals surface area contributed by atoms with Gasteiger partial charge in [0.2, 0.25) is 0 Å². The van der Waals surface area contributed by atoms with Gasteiger partial charge in [-0.15, -0.1) is 12.5 Å². The zero-order valence-electron chi connectivity index (χ0n) is 34.2. The number of hydrogen-bond donors (Lipinski definition) is 0. The van der Waals surface area contributed by atoms with Gasteiger partial charge in [-0.1, -0.05) is 112 Å². The van der Waals surface area contributed by atoms with Crippen molar-refractivity contribution in [3.8, 4) is 34.4 Å². The molecule has 0 amide bonds. The standard InChI is InChI=1S/C19H20Br2Cl2N6.C19H18Cl2N6.C2H5O.K/c1-10-3-5-28(6-4-10)19-14(16-13(22)8-24-9-25-16)17(23)27-18-12(7-26-29(18)19)15(21)11(2)20;1-3-4-13-9-24-27-18(13)25-17(21)15(16-14(20)10-22-11-23-16)19(27)26-7-5-12(2)6-8-26;1-2-3;/h7-11,15H,3-6H2,1-2H3;9-12H,5-8H2,1-2H3;2H2,1H3;/q;;-1;+1. The first-order valence-electron chi connectivity index (χ1n) is 19.2. The molecule has 0 bridgehead atoms. The van der Waals surface area contributed by atoms with Crippen molar-refractivity contribution in [2.75, 3.05) is 42.6 Å². The average molecular weight is 1050 g/mol. The van der Waals surface area contributed by atoms with E-state index in [0.29, 0.717) is 60.3 Å². The van der Waals surface area contributed by atoms with E-state index in [9.17, 15) is 0 Å². The van der Waals surface area contributed by atoms with Crippen LogP contribution in [0.4, 0.5) is 11.6 Å². The first-order chi connectivity index (χ1) is 28.4. The average Bonchev–Trinajstić information content (AvgIpc) is 3.82. The summed E-state index contributed by atoms with van der Waals surface area (Å²) >= 11 is 33.6. The largest absolute Gasteiger partial charge is 1.00 e. The third-order valence-electron chi connectivity index (χ3n) is 10.1. The first kappa shape index (κ1) is 49.3. The fraction of sp³-hybridized carbons (Fsp3) is 0.450. The minimum atomic E-state index is 0. The molecular formula is C40H43Br2Cl4KN12O. The van der Waals surface area contributed by atoms with E-state index in [1.165, 1.54) is 12.7 Å². The maximum Gasteiger partial charge on any atom is 1.00 e. The van der Waals surface area contributed by atoms with Crippen LogP contribution >= 0.6 is 78.3 Å². The smallest absolute Gasteiger partial charge is 0.855 e. The topological polar surface area (TPSA) is 141 Å². The van der Waals surface area contributed by atoms with E-state index in [2.05, 4.69) is 109 Å². The summed E-state index contributed by atoms with van der Waals surface area (Å²) in [5.74, 6) is 9.05. The summed E-state index contributed by atoms with van der Waals surface area (Å²) < 4.78 is 3.67. The third-order valence-corrected chi connectivity index (χ3v) is 13.7. The Kier molecular flexibility index (Phi) is 18.7. The zero-order chi connectivity index (χ0) is 42.4. The molecule has 13 nitrogen and oxygen atoms in total. The van der Waals surface area contributed by atoms with Gasteiger partial charge in [0.15, 0.2) is 11.3 Å². The Bertz CT molecular complexity index is 2460. The summed E-state index contributed by atoms with van der Waals surface area (Å²) in [4.78, 5) is 30.9. The van der Waals surface area contributed by atoms with Crippen molar-refractivity contribution in [3.05, 3.63) is 68.9 Å². The Morgan fingerprint density at radius 1 is 0.750 bits per heavy atom. The summed E-state index contributed by atoms with van der Waals surface area (Å²) in [6.07, 6.45) is 14.0. The van der Waals surface area contributed by atoms with E-state index in [-0.39, 0.29) is 67.6 Å².